The minimum absolute atomic E-state index is 0.108. The van der Waals surface area contributed by atoms with E-state index in [1.165, 1.54) is 35.5 Å². The molecular weight excluding hydrogens is 352 g/mol. The molecule has 27 heavy (non-hydrogen) atoms. The van der Waals surface area contributed by atoms with Gasteiger partial charge in [0.25, 0.3) is 5.84 Å². The van der Waals surface area contributed by atoms with Crippen LogP contribution >= 0.6 is 0 Å². The zero-order chi connectivity index (χ0) is 20.0. The second-order valence-corrected chi connectivity index (χ2v) is 6.26. The molecule has 0 saturated heterocycles. The molecular formula is C18H21N4O5+. The number of methoxy groups -OCH3 is 5. The van der Waals surface area contributed by atoms with E-state index >= 15 is 0 Å². The summed E-state index contributed by atoms with van der Waals surface area (Å²) < 4.78 is 27.3. The van der Waals surface area contributed by atoms with Crippen molar-refractivity contribution in [2.45, 2.75) is 11.8 Å². The quantitative estimate of drug-likeness (QED) is 0.621. The van der Waals surface area contributed by atoms with Gasteiger partial charge in [-0.05, 0) is 6.07 Å². The minimum Gasteiger partial charge on any atom is -0.493 e. The van der Waals surface area contributed by atoms with Gasteiger partial charge < -0.3 is 23.7 Å². The molecule has 142 valence electrons. The maximum absolute atomic E-state index is 10.1. The lowest BCUT2D eigenvalue weighted by molar-refractivity contribution is -0.687. The number of ether oxygens (including phenoxy) is 5. The Labute approximate surface area is 156 Å². The Kier molecular flexibility index (Phi) is 4.18. The molecule has 3 N–H and O–H groups in total. The number of benzene rings is 1. The molecule has 0 unspecified atom stereocenters. The summed E-state index contributed by atoms with van der Waals surface area (Å²) in [6.45, 7) is 0. The van der Waals surface area contributed by atoms with Gasteiger partial charge in [-0.3, -0.25) is 5.73 Å². The fraction of sp³-hybridized carbons (Fsp3) is 0.500. The van der Waals surface area contributed by atoms with E-state index in [2.05, 4.69) is 17.1 Å². The van der Waals surface area contributed by atoms with Gasteiger partial charge in [-0.2, -0.15) is 10.5 Å². The first-order chi connectivity index (χ1) is 12.9. The fourth-order valence-corrected chi connectivity index (χ4v) is 4.43. The average molecular weight is 373 g/mol. The van der Waals surface area contributed by atoms with Crippen LogP contribution in [-0.2, 0) is 9.47 Å². The van der Waals surface area contributed by atoms with E-state index in [0.29, 0.717) is 22.8 Å². The lowest BCUT2D eigenvalue weighted by Crippen LogP contribution is -2.90. The summed E-state index contributed by atoms with van der Waals surface area (Å²) in [5, 5.41) is 20.2. The summed E-state index contributed by atoms with van der Waals surface area (Å²) in [6.07, 6.45) is 0. The van der Waals surface area contributed by atoms with Gasteiger partial charge in [0, 0.05) is 19.8 Å². The van der Waals surface area contributed by atoms with Crippen LogP contribution < -0.4 is 24.9 Å². The van der Waals surface area contributed by atoms with Gasteiger partial charge >= 0.3 is 5.91 Å². The van der Waals surface area contributed by atoms with Crippen molar-refractivity contribution >= 4 is 5.84 Å². The van der Waals surface area contributed by atoms with Gasteiger partial charge in [-0.25, -0.2) is 4.99 Å². The van der Waals surface area contributed by atoms with Crippen LogP contribution in [0.4, 0.5) is 0 Å². The molecule has 0 radical (unpaired) electrons. The van der Waals surface area contributed by atoms with Crippen molar-refractivity contribution in [2.24, 2.45) is 16.6 Å². The summed E-state index contributed by atoms with van der Waals surface area (Å²) in [6, 6.07) is 7.86. The maximum atomic E-state index is 10.1. The predicted octanol–water partition coefficient (Wildman–Crippen LogP) is -0.772. The molecule has 3 rings (SSSR count). The van der Waals surface area contributed by atoms with Crippen LogP contribution in [0, 0.1) is 33.5 Å². The number of nitrogens with two attached hydrogens (primary N) is 1. The van der Waals surface area contributed by atoms with Gasteiger partial charge in [0.2, 0.25) is 5.75 Å². The van der Waals surface area contributed by atoms with E-state index in [9.17, 15) is 10.5 Å². The third-order valence-electron chi connectivity index (χ3n) is 5.62. The zero-order valence-corrected chi connectivity index (χ0v) is 15.7. The predicted molar refractivity (Wildman–Crippen MR) is 91.8 cm³/mol. The number of rotatable bonds is 6. The largest absolute Gasteiger partial charge is 0.493 e. The zero-order valence-electron chi connectivity index (χ0n) is 15.7. The first-order valence-corrected chi connectivity index (χ1v) is 8.07. The van der Waals surface area contributed by atoms with Crippen molar-refractivity contribution < 1.29 is 28.7 Å². The van der Waals surface area contributed by atoms with Crippen molar-refractivity contribution in [3.63, 3.8) is 0 Å². The van der Waals surface area contributed by atoms with Crippen molar-refractivity contribution in [1.29, 1.82) is 10.5 Å². The Bertz CT molecular complexity index is 898. The van der Waals surface area contributed by atoms with E-state index in [1.807, 2.05) is 0 Å². The molecule has 0 spiro atoms. The highest BCUT2D eigenvalue weighted by Crippen LogP contribution is 2.79. The summed E-state index contributed by atoms with van der Waals surface area (Å²) in [4.78, 5) is 2.85. The van der Waals surface area contributed by atoms with E-state index in [0.717, 1.165) is 0 Å². The van der Waals surface area contributed by atoms with E-state index in [4.69, 9.17) is 29.4 Å². The molecule has 1 aliphatic carbocycles. The first-order valence-electron chi connectivity index (χ1n) is 8.07. The molecule has 3 atom stereocenters. The maximum Gasteiger partial charge on any atom is 0.342 e. The average Bonchev–Trinajstić information content (AvgIpc) is 3.28. The molecule has 0 bridgehead atoms. The monoisotopic (exact) mass is 373 g/mol. The Morgan fingerprint density at radius 3 is 2.04 bits per heavy atom. The van der Waals surface area contributed by atoms with E-state index < -0.39 is 22.7 Å². The Hall–Kier alpha value is -3.01. The lowest BCUT2D eigenvalue weighted by atomic mass is 9.93. The number of amidine groups is 1. The normalized spacial score (nSPS) is 29.7. The summed E-state index contributed by atoms with van der Waals surface area (Å²) in [5.41, 5.74) is 3.96. The van der Waals surface area contributed by atoms with Crippen molar-refractivity contribution in [3.8, 4) is 29.4 Å². The molecule has 1 saturated carbocycles. The Morgan fingerprint density at radius 1 is 0.963 bits per heavy atom. The minimum atomic E-state index is -1.58. The molecule has 1 aromatic carbocycles. The van der Waals surface area contributed by atoms with Crippen LogP contribution in [-0.4, -0.2) is 47.3 Å². The Morgan fingerprint density at radius 2 is 1.59 bits per heavy atom. The summed E-state index contributed by atoms with van der Waals surface area (Å²) in [5.74, 6) is -0.969. The highest BCUT2D eigenvalue weighted by atomic mass is 16.7. The van der Waals surface area contributed by atoms with Crippen LogP contribution in [0.3, 0.4) is 0 Å². The number of nitrogens with one attached hydrogen (secondary N) is 1. The van der Waals surface area contributed by atoms with Gasteiger partial charge in [0.1, 0.15) is 0 Å². The SMILES string of the molecule is COc1ccc([C@@H]2[C@]3(C#N)C(N)=[NH+]C(OC)(OC)[C@]23C#N)c(OC)c1OC. The number of hydrogen-bond acceptors (Lipinski definition) is 8. The van der Waals surface area contributed by atoms with Crippen LogP contribution in [0.15, 0.2) is 12.1 Å². The topological polar surface area (TPSA) is 134 Å². The van der Waals surface area contributed by atoms with Gasteiger partial charge in [0.05, 0.1) is 39.4 Å². The Balaban J connectivity index is 2.31. The molecule has 1 fully saturated rings. The smallest absolute Gasteiger partial charge is 0.342 e. The lowest BCUT2D eigenvalue weighted by Gasteiger charge is -2.27. The number of nitriles is 2. The molecule has 0 amide bonds. The molecule has 0 aromatic heterocycles. The van der Waals surface area contributed by atoms with Crippen molar-refractivity contribution in [1.82, 2.24) is 0 Å². The first kappa shape index (κ1) is 18.8. The van der Waals surface area contributed by atoms with Crippen molar-refractivity contribution in [3.05, 3.63) is 17.7 Å². The molecule has 9 heteroatoms. The number of fused-ring (bicyclic) bond motifs is 1. The standard InChI is InChI=1S/C18H20N4O5/c1-23-11-7-6-10(12(24-2)13(11)25-3)14-16(8-19)15(21)22-18(26-4,27-5)17(14,16)9-20/h6-7,14H,1-5H3,(H2,21,22)/p+1/t14-,16-,17-/m1/s1. The van der Waals surface area contributed by atoms with Crippen LogP contribution in [0.5, 0.6) is 17.2 Å². The molecule has 1 aromatic rings. The molecule has 1 heterocycles. The molecule has 1 aliphatic heterocycles. The highest BCUT2D eigenvalue weighted by molar-refractivity contribution is 5.95. The van der Waals surface area contributed by atoms with Crippen LogP contribution in [0.2, 0.25) is 0 Å². The molecule has 2 aliphatic rings. The van der Waals surface area contributed by atoms with E-state index in [1.54, 1.807) is 12.1 Å². The fourth-order valence-electron chi connectivity index (χ4n) is 4.43. The highest BCUT2D eigenvalue weighted by Gasteiger charge is 2.97. The van der Waals surface area contributed by atoms with Crippen LogP contribution in [0.25, 0.3) is 0 Å². The third-order valence-corrected chi connectivity index (χ3v) is 5.62. The molecule has 9 nitrogen and oxygen atoms in total. The second-order valence-electron chi connectivity index (χ2n) is 6.26. The van der Waals surface area contributed by atoms with E-state index in [-0.39, 0.29) is 5.84 Å². The van der Waals surface area contributed by atoms with Gasteiger partial charge in [-0.1, -0.05) is 6.07 Å². The number of hydrogen-bond donors (Lipinski definition) is 2. The second kappa shape index (κ2) is 6.02. The van der Waals surface area contributed by atoms with Crippen LogP contribution in [0.1, 0.15) is 11.5 Å². The summed E-state index contributed by atoms with van der Waals surface area (Å²) >= 11 is 0. The van der Waals surface area contributed by atoms with Crippen molar-refractivity contribution in [2.75, 3.05) is 35.5 Å². The van der Waals surface area contributed by atoms with Gasteiger partial charge in [-0.15, -0.1) is 0 Å². The summed E-state index contributed by atoms with van der Waals surface area (Å²) in [7, 11) is 7.24. The number of nitrogens with zero attached hydrogens (tertiary/aromatic N) is 2. The van der Waals surface area contributed by atoms with Gasteiger partial charge in [0.15, 0.2) is 22.3 Å². The third kappa shape index (κ3) is 1.80.